The van der Waals surface area contributed by atoms with Gasteiger partial charge >= 0.3 is 317 Å². The molecule has 0 aromatic heterocycles. The Morgan fingerprint density at radius 2 is 0.704 bits per heavy atom. The summed E-state index contributed by atoms with van der Waals surface area (Å²) in [5, 5.41) is 8.29. The van der Waals surface area contributed by atoms with Crippen molar-refractivity contribution in [2.45, 2.75) is 0 Å². The predicted octanol–water partition coefficient (Wildman–Crippen LogP) is 10.3. The van der Waals surface area contributed by atoms with Gasteiger partial charge in [0.1, 0.15) is 0 Å². The summed E-state index contributed by atoms with van der Waals surface area (Å²) in [6.07, 6.45) is 0. The standard InChI is InChI=1S/C50H37FOP2/c51-54(42-26-10-3-11-27-42,43-28-12-4-13-29-43,44-30-14-5-15-31-44)48-37-35-39-21-17-19-33-46(39)50(48)49-45-32-18-16-20-38(45)34-36-47(49)53(52,40-22-6-1-7-23-40)41-24-8-2-9-25-41/h1-37H. The van der Waals surface area contributed by atoms with Crippen LogP contribution in [0, 0.1) is 0 Å². The number of fused-ring (bicyclic) bond motifs is 2. The van der Waals surface area contributed by atoms with E-state index in [9.17, 15) is 0 Å². The molecule has 0 heterocycles. The molecule has 1 nitrogen and oxygen atoms in total. The Morgan fingerprint density at radius 1 is 0.352 bits per heavy atom. The summed E-state index contributed by atoms with van der Waals surface area (Å²) in [6, 6.07) is 73.3. The van der Waals surface area contributed by atoms with Crippen molar-refractivity contribution >= 4 is 72.7 Å². The Hall–Kier alpha value is -5.91. The Morgan fingerprint density at radius 3 is 1.15 bits per heavy atom. The second-order valence-corrected chi connectivity index (χ2v) is 20.4. The van der Waals surface area contributed by atoms with Crippen LogP contribution in [0.15, 0.2) is 224 Å². The molecular weight excluding hydrogens is 697 g/mol. The molecule has 0 atom stereocenters. The molecule has 54 heavy (non-hydrogen) atoms. The van der Waals surface area contributed by atoms with Gasteiger partial charge in [-0.2, -0.15) is 0 Å². The third-order valence-electron chi connectivity index (χ3n) is 10.8. The molecule has 0 bridgehead atoms. The molecule has 9 aromatic rings. The predicted molar refractivity (Wildman–Crippen MR) is 232 cm³/mol. The molecule has 0 amide bonds. The Balaban J connectivity index is 1.56. The first-order chi connectivity index (χ1) is 26.5. The summed E-state index contributed by atoms with van der Waals surface area (Å²) in [5.74, 6) is 0. The first-order valence-corrected chi connectivity index (χ1v) is 22.0. The molecule has 9 aromatic carbocycles. The first-order valence-electron chi connectivity index (χ1n) is 18.2. The number of hydrogen-bond acceptors (Lipinski definition) is 1. The van der Waals surface area contributed by atoms with Gasteiger partial charge < -0.3 is 0 Å². The third-order valence-corrected chi connectivity index (χ3v) is 19.0. The summed E-state index contributed by atoms with van der Waals surface area (Å²) in [5.41, 5.74) is 1.54. The molecule has 260 valence electrons. The van der Waals surface area contributed by atoms with Crippen molar-refractivity contribution in [1.29, 1.82) is 0 Å². The quantitative estimate of drug-likeness (QED) is 0.142. The number of benzene rings is 9. The first kappa shape index (κ1) is 33.9. The van der Waals surface area contributed by atoms with Crippen LogP contribution >= 0.6 is 14.1 Å². The Bertz CT molecular complexity index is 2660. The zero-order valence-electron chi connectivity index (χ0n) is 29.5. The third kappa shape index (κ3) is 5.06. The van der Waals surface area contributed by atoms with E-state index in [-0.39, 0.29) is 0 Å². The molecule has 4 heteroatoms. The van der Waals surface area contributed by atoms with Crippen LogP contribution < -0.4 is 37.1 Å². The fraction of sp³-hybridized carbons (Fsp3) is 0. The van der Waals surface area contributed by atoms with Gasteiger partial charge in [-0.3, -0.25) is 0 Å². The monoisotopic (exact) mass is 734 g/mol. The van der Waals surface area contributed by atoms with Gasteiger partial charge in [-0.25, -0.2) is 0 Å². The van der Waals surface area contributed by atoms with E-state index in [1.807, 2.05) is 188 Å². The van der Waals surface area contributed by atoms with Crippen molar-refractivity contribution in [3.05, 3.63) is 224 Å². The van der Waals surface area contributed by atoms with E-state index >= 15 is 8.76 Å². The summed E-state index contributed by atoms with van der Waals surface area (Å²) in [7, 11) is -3.58. The van der Waals surface area contributed by atoms with E-state index in [0.717, 1.165) is 43.3 Å². The van der Waals surface area contributed by atoms with Crippen LogP contribution in [0.5, 0.6) is 0 Å². The molecule has 0 N–H and O–H groups in total. The number of hydrogen-bond donors (Lipinski definition) is 0. The summed E-state index contributed by atoms with van der Waals surface area (Å²) >= 11 is 0. The van der Waals surface area contributed by atoms with Crippen molar-refractivity contribution in [2.24, 2.45) is 0 Å². The molecule has 0 fully saturated rings. The van der Waals surface area contributed by atoms with E-state index in [4.69, 9.17) is 0 Å². The van der Waals surface area contributed by atoms with Crippen LogP contribution in [-0.2, 0) is 4.57 Å². The van der Waals surface area contributed by atoms with Crippen LogP contribution in [0.25, 0.3) is 32.7 Å². The van der Waals surface area contributed by atoms with E-state index in [1.165, 1.54) is 0 Å². The van der Waals surface area contributed by atoms with Gasteiger partial charge in [0.05, 0.1) is 0 Å². The fourth-order valence-corrected chi connectivity index (χ4v) is 16.2. The molecule has 0 saturated heterocycles. The number of rotatable bonds is 8. The van der Waals surface area contributed by atoms with Gasteiger partial charge in [-0.05, 0) is 0 Å². The van der Waals surface area contributed by atoms with E-state index in [0.29, 0.717) is 26.5 Å². The maximum absolute atomic E-state index is 21.1. The minimum atomic E-state index is -5.11. The van der Waals surface area contributed by atoms with Crippen LogP contribution in [0.1, 0.15) is 0 Å². The van der Waals surface area contributed by atoms with Gasteiger partial charge in [0, 0.05) is 0 Å². The molecule has 9 rings (SSSR count). The van der Waals surface area contributed by atoms with Gasteiger partial charge in [-0.1, -0.05) is 0 Å². The molecule has 0 unspecified atom stereocenters. The zero-order valence-corrected chi connectivity index (χ0v) is 31.3. The van der Waals surface area contributed by atoms with Crippen molar-refractivity contribution in [3.63, 3.8) is 0 Å². The molecule has 0 radical (unpaired) electrons. The van der Waals surface area contributed by atoms with Crippen LogP contribution in [0.4, 0.5) is 4.20 Å². The molecule has 0 aliphatic rings. The van der Waals surface area contributed by atoms with Crippen molar-refractivity contribution in [3.8, 4) is 11.1 Å². The van der Waals surface area contributed by atoms with Crippen LogP contribution in [-0.4, -0.2) is 0 Å². The van der Waals surface area contributed by atoms with E-state index in [2.05, 4.69) is 36.4 Å². The van der Waals surface area contributed by atoms with Gasteiger partial charge in [-0.15, -0.1) is 0 Å². The summed E-state index contributed by atoms with van der Waals surface area (Å²) < 4.78 is 37.7. The van der Waals surface area contributed by atoms with Crippen molar-refractivity contribution in [1.82, 2.24) is 0 Å². The molecule has 0 aliphatic carbocycles. The fourth-order valence-electron chi connectivity index (χ4n) is 8.35. The average molecular weight is 735 g/mol. The van der Waals surface area contributed by atoms with Gasteiger partial charge in [0.25, 0.3) is 0 Å². The molecule has 0 aliphatic heterocycles. The van der Waals surface area contributed by atoms with Gasteiger partial charge in [0.15, 0.2) is 0 Å². The topological polar surface area (TPSA) is 17.1 Å². The second-order valence-electron chi connectivity index (χ2n) is 13.7. The average Bonchev–Trinajstić information content (AvgIpc) is 3.26. The van der Waals surface area contributed by atoms with E-state index in [1.54, 1.807) is 0 Å². The van der Waals surface area contributed by atoms with Crippen LogP contribution in [0.2, 0.25) is 0 Å². The minimum absolute atomic E-state index is 0.577. The van der Waals surface area contributed by atoms with Crippen molar-refractivity contribution in [2.75, 3.05) is 0 Å². The van der Waals surface area contributed by atoms with Gasteiger partial charge in [0.2, 0.25) is 0 Å². The Kier molecular flexibility index (Phi) is 8.47. The number of halogens is 1. The maximum atomic E-state index is 21.1. The van der Waals surface area contributed by atoms with E-state index < -0.39 is 14.1 Å². The SMILES string of the molecule is O=P(c1ccccc1)(c1ccccc1)c1ccc2ccccc2c1-c1c(P(F)(c2ccccc2)(c2ccccc2)c2ccccc2)ccc2ccccc12. The van der Waals surface area contributed by atoms with Crippen LogP contribution in [0.3, 0.4) is 0 Å². The second kappa shape index (κ2) is 13.5. The molecule has 0 saturated carbocycles. The summed E-state index contributed by atoms with van der Waals surface area (Å²) in [4.78, 5) is 0. The summed E-state index contributed by atoms with van der Waals surface area (Å²) in [6.45, 7) is -5.11. The Labute approximate surface area is 315 Å². The molecular formula is C50H37FOP2. The van der Waals surface area contributed by atoms with Crippen molar-refractivity contribution < 1.29 is 8.76 Å². The zero-order chi connectivity index (χ0) is 36.6. The normalized spacial score (nSPS) is 12.6. The molecule has 0 spiro atoms.